The molecular weight excluding hydrogens is 1040 g/mol. The fourth-order valence-electron chi connectivity index (χ4n) is 7.82. The van der Waals surface area contributed by atoms with Crippen LogP contribution in [0.4, 0.5) is 0 Å². The van der Waals surface area contributed by atoms with E-state index >= 15 is 0 Å². The van der Waals surface area contributed by atoms with Crippen molar-refractivity contribution in [1.29, 1.82) is 0 Å². The number of halogens is 2. The van der Waals surface area contributed by atoms with Crippen LogP contribution in [0.5, 0.6) is 11.5 Å². The molecule has 0 saturated heterocycles. The molecule has 70 heavy (non-hydrogen) atoms. The fraction of sp³-hybridized carbons (Fsp3) is 0.793. The van der Waals surface area contributed by atoms with Gasteiger partial charge in [0.15, 0.2) is 0 Å². The largest absolute Gasteiger partial charge is 1.00 e. The van der Waals surface area contributed by atoms with Crippen molar-refractivity contribution in [1.82, 2.24) is 0 Å². The van der Waals surface area contributed by atoms with E-state index in [0.29, 0.717) is 46.2 Å². The van der Waals surface area contributed by atoms with Gasteiger partial charge in [-0.3, -0.25) is 0 Å². The molecule has 2 aromatic rings. The zero-order valence-corrected chi connectivity index (χ0v) is 52.0. The van der Waals surface area contributed by atoms with Crippen molar-refractivity contribution in [2.45, 2.75) is 225 Å². The number of aliphatic hydroxyl groups is 2. The zero-order chi connectivity index (χ0) is 49.6. The van der Waals surface area contributed by atoms with Gasteiger partial charge in [0.05, 0.1) is 72.7 Å². The fourth-order valence-corrected chi connectivity index (χ4v) is 8.47. The van der Waals surface area contributed by atoms with Gasteiger partial charge < -0.3 is 44.1 Å². The summed E-state index contributed by atoms with van der Waals surface area (Å²) in [7, 11) is 0. The molecule has 2 rings (SSSR count). The Morgan fingerprint density at radius 1 is 0.371 bits per heavy atom. The molecule has 0 heterocycles. The van der Waals surface area contributed by atoms with Gasteiger partial charge in [-0.25, -0.2) is 0 Å². The van der Waals surface area contributed by atoms with E-state index < -0.39 is 0 Å². The topological polar surface area (TPSA) is 126 Å². The van der Waals surface area contributed by atoms with Crippen molar-refractivity contribution in [3.05, 3.63) is 58.7 Å². The molecule has 2 aromatic carbocycles. The van der Waals surface area contributed by atoms with Crippen LogP contribution in [0, 0.1) is 6.92 Å². The van der Waals surface area contributed by atoms with E-state index in [1.807, 2.05) is 6.92 Å². The third-order valence-corrected chi connectivity index (χ3v) is 13.0. The van der Waals surface area contributed by atoms with E-state index in [-0.39, 0.29) is 70.1 Å². The van der Waals surface area contributed by atoms with E-state index in [9.17, 15) is 0 Å². The van der Waals surface area contributed by atoms with Gasteiger partial charge in [0.2, 0.25) is 0 Å². The van der Waals surface area contributed by atoms with Gasteiger partial charge in [0.25, 0.3) is 0 Å². The number of hydrogen-bond acceptors (Lipinski definition) is 9. The van der Waals surface area contributed by atoms with Crippen LogP contribution in [0.25, 0.3) is 0 Å². The molecular formula is C58H105Br2KO9. The van der Waals surface area contributed by atoms with Gasteiger partial charge in [-0.05, 0) is 73.2 Å². The summed E-state index contributed by atoms with van der Waals surface area (Å²) in [6, 6.07) is 12.9. The minimum absolute atomic E-state index is 0. The zero-order valence-electron chi connectivity index (χ0n) is 45.7. The van der Waals surface area contributed by atoms with Gasteiger partial charge in [-0.15, -0.1) is 0 Å². The van der Waals surface area contributed by atoms with Gasteiger partial charge in [0, 0.05) is 17.3 Å². The predicted octanol–water partition coefficient (Wildman–Crippen LogP) is 13.6. The first-order valence-electron chi connectivity index (χ1n) is 27.6. The second-order valence-electron chi connectivity index (χ2n) is 18.2. The second-order valence-corrected chi connectivity index (χ2v) is 19.3. The first kappa shape index (κ1) is 74.6. The maximum atomic E-state index is 8.36. The van der Waals surface area contributed by atoms with Crippen LogP contribution < -0.4 is 60.9 Å². The van der Waals surface area contributed by atoms with E-state index in [1.54, 1.807) is 0 Å². The molecule has 0 amide bonds. The predicted molar refractivity (Wildman–Crippen MR) is 298 cm³/mol. The number of unbranched alkanes of at least 4 members (excludes halogenated alkanes) is 26. The Balaban J connectivity index is -0.00000101. The standard InChI is InChI=1S/C26H46O2.C24H40Br2O.C8H18O5.K.H2O/c1-4-6-7-8-9-10-11-12-13-14-15-16-17-18-19-28-26-21-24(3)20-25(22-26)23-27-5-2;1-2-3-4-5-6-7-8-9-10-11-12-13-14-15-16-27-24-18-22(20-25)17-23(19-24)21-26;9-1-3-11-5-7-13-8-6-12-4-2-10;;/h20-22H,4-19,23H2,1-3H3;17-19H,2-16,20-21H2,1H3;9-10H,1-8H2;;1H2/q;;;+1;/p-1. The molecule has 0 bridgehead atoms. The third-order valence-electron chi connectivity index (χ3n) is 11.7. The van der Waals surface area contributed by atoms with Gasteiger partial charge in [-0.1, -0.05) is 225 Å². The number of benzene rings is 2. The quantitative estimate of drug-likeness (QED) is 0.0378. The first-order valence-corrected chi connectivity index (χ1v) is 29.9. The van der Waals surface area contributed by atoms with E-state index in [1.165, 1.54) is 196 Å². The Bertz CT molecular complexity index is 1280. The number of alkyl halides is 2. The van der Waals surface area contributed by atoms with Crippen molar-refractivity contribution >= 4 is 31.9 Å². The van der Waals surface area contributed by atoms with Gasteiger partial charge in [0.1, 0.15) is 11.5 Å². The number of ether oxygens (including phenoxy) is 6. The number of rotatable bonds is 47. The van der Waals surface area contributed by atoms with Crippen LogP contribution in [0.3, 0.4) is 0 Å². The molecule has 12 heteroatoms. The van der Waals surface area contributed by atoms with Crippen molar-refractivity contribution in [2.75, 3.05) is 72.7 Å². The van der Waals surface area contributed by atoms with Crippen molar-refractivity contribution in [3.8, 4) is 11.5 Å². The Morgan fingerprint density at radius 2 is 0.686 bits per heavy atom. The van der Waals surface area contributed by atoms with Crippen molar-refractivity contribution in [3.63, 3.8) is 0 Å². The van der Waals surface area contributed by atoms with Crippen LogP contribution in [0.2, 0.25) is 0 Å². The maximum absolute atomic E-state index is 8.36. The molecule has 0 atom stereocenters. The molecule has 0 fully saturated rings. The minimum Gasteiger partial charge on any atom is -0.870 e. The summed E-state index contributed by atoms with van der Waals surface area (Å²) in [5.41, 5.74) is 5.01. The molecule has 0 saturated carbocycles. The molecule has 0 aliphatic heterocycles. The van der Waals surface area contributed by atoms with Crippen molar-refractivity contribution < 1.29 is 95.5 Å². The summed E-state index contributed by atoms with van der Waals surface area (Å²) in [5, 5.41) is 18.5. The minimum atomic E-state index is 0. The smallest absolute Gasteiger partial charge is 0.870 e. The average molecular weight is 1150 g/mol. The summed E-state index contributed by atoms with van der Waals surface area (Å²) in [5.74, 6) is 2.00. The number of hydrogen-bond donors (Lipinski definition) is 2. The maximum Gasteiger partial charge on any atom is 1.00 e. The van der Waals surface area contributed by atoms with Crippen LogP contribution in [-0.4, -0.2) is 88.4 Å². The van der Waals surface area contributed by atoms with Crippen LogP contribution >= 0.6 is 31.9 Å². The summed E-state index contributed by atoms with van der Waals surface area (Å²) >= 11 is 7.07. The molecule has 0 radical (unpaired) electrons. The van der Waals surface area contributed by atoms with Gasteiger partial charge >= 0.3 is 51.4 Å². The Labute approximate surface area is 490 Å². The molecule has 0 aromatic heterocycles. The molecule has 0 aliphatic rings. The molecule has 0 aliphatic carbocycles. The molecule has 406 valence electrons. The van der Waals surface area contributed by atoms with Crippen molar-refractivity contribution in [2.24, 2.45) is 0 Å². The summed E-state index contributed by atoms with van der Waals surface area (Å²) < 4.78 is 32.4. The van der Waals surface area contributed by atoms with Crippen LogP contribution in [0.15, 0.2) is 36.4 Å². The molecule has 9 nitrogen and oxygen atoms in total. The number of aryl methyl sites for hydroxylation is 1. The second kappa shape index (κ2) is 61.9. The monoisotopic (exact) mass is 1140 g/mol. The molecule has 3 N–H and O–H groups in total. The first-order chi connectivity index (χ1) is 33.5. The summed E-state index contributed by atoms with van der Waals surface area (Å²) in [6.45, 7) is 14.6. The van der Waals surface area contributed by atoms with E-state index in [4.69, 9.17) is 38.6 Å². The molecule has 0 spiro atoms. The SMILES string of the molecule is CCCCCCCCCCCCCCCCOc1cc(C)cc(COCC)c1.CCCCCCCCCCCCCCCCOc1cc(CBr)cc(CBr)c1.OCCOCCOCCOCCO.[K+].[OH-]. The third kappa shape index (κ3) is 53.2. The Morgan fingerprint density at radius 3 is 1.01 bits per heavy atom. The Hall–Kier alpha value is 0.356. The Kier molecular flexibility index (Phi) is 66.0. The van der Waals surface area contributed by atoms with Gasteiger partial charge in [-0.2, -0.15) is 0 Å². The number of aliphatic hydroxyl groups excluding tert-OH is 2. The van der Waals surface area contributed by atoms with E-state index in [2.05, 4.69) is 89.0 Å². The normalized spacial score (nSPS) is 10.7. The van der Waals surface area contributed by atoms with E-state index in [0.717, 1.165) is 48.4 Å². The molecule has 0 unspecified atom stereocenters. The average Bonchev–Trinajstić information content (AvgIpc) is 3.35. The van der Waals surface area contributed by atoms with Crippen LogP contribution in [-0.2, 0) is 36.2 Å². The van der Waals surface area contributed by atoms with Crippen LogP contribution in [0.1, 0.15) is 223 Å². The summed E-state index contributed by atoms with van der Waals surface area (Å²) in [6.07, 6.45) is 39.0. The summed E-state index contributed by atoms with van der Waals surface area (Å²) in [4.78, 5) is 0.